The Labute approximate surface area is 124 Å². The Hall–Kier alpha value is -1.39. The van der Waals surface area contributed by atoms with Crippen LogP contribution >= 0.6 is 11.3 Å². The van der Waals surface area contributed by atoms with Crippen LogP contribution < -0.4 is 10.2 Å². The first-order chi connectivity index (χ1) is 9.74. The van der Waals surface area contributed by atoms with E-state index in [9.17, 15) is 0 Å². The van der Waals surface area contributed by atoms with Gasteiger partial charge in [-0.15, -0.1) is 11.3 Å². The number of benzene rings is 1. The summed E-state index contributed by atoms with van der Waals surface area (Å²) in [7, 11) is 2.16. The summed E-state index contributed by atoms with van der Waals surface area (Å²) in [4.78, 5) is 8.00. The van der Waals surface area contributed by atoms with Crippen LogP contribution in [0.15, 0.2) is 29.8 Å². The highest BCUT2D eigenvalue weighted by molar-refractivity contribution is 7.09. The van der Waals surface area contributed by atoms with Crippen LogP contribution in [0.2, 0.25) is 0 Å². The number of aromatic nitrogens is 1. The van der Waals surface area contributed by atoms with Crippen molar-refractivity contribution in [1.82, 2.24) is 10.3 Å². The van der Waals surface area contributed by atoms with Gasteiger partial charge in [0.05, 0.1) is 17.7 Å². The minimum atomic E-state index is 0.747. The van der Waals surface area contributed by atoms with Gasteiger partial charge in [-0.2, -0.15) is 0 Å². The molecule has 4 heteroatoms. The van der Waals surface area contributed by atoms with Crippen molar-refractivity contribution in [1.29, 1.82) is 0 Å². The standard InChI is InChI=1S/C16H21N3S/c1-12-16(20-11-18-12)10-19(2)15-6-4-3-5-13(15)9-17-14-7-8-14/h3-6,11,14,17H,7-10H2,1-2H3. The molecule has 3 rings (SSSR count). The van der Waals surface area contributed by atoms with E-state index in [4.69, 9.17) is 0 Å². The van der Waals surface area contributed by atoms with Crippen molar-refractivity contribution >= 4 is 17.0 Å². The van der Waals surface area contributed by atoms with Gasteiger partial charge in [-0.05, 0) is 31.4 Å². The second kappa shape index (κ2) is 5.94. The summed E-state index contributed by atoms with van der Waals surface area (Å²) in [5, 5.41) is 3.60. The van der Waals surface area contributed by atoms with Crippen LogP contribution in [-0.2, 0) is 13.1 Å². The van der Waals surface area contributed by atoms with E-state index in [1.807, 2.05) is 5.51 Å². The molecule has 1 saturated carbocycles. The minimum Gasteiger partial charge on any atom is -0.369 e. The predicted octanol–water partition coefficient (Wildman–Crippen LogP) is 3.34. The van der Waals surface area contributed by atoms with Gasteiger partial charge in [0, 0.05) is 30.2 Å². The summed E-state index contributed by atoms with van der Waals surface area (Å²) in [5.41, 5.74) is 5.77. The Morgan fingerprint density at radius 2 is 2.15 bits per heavy atom. The molecule has 1 aliphatic rings. The predicted molar refractivity (Wildman–Crippen MR) is 85.3 cm³/mol. The molecule has 1 aromatic carbocycles. The second-order valence-electron chi connectivity index (χ2n) is 5.50. The quantitative estimate of drug-likeness (QED) is 0.883. The van der Waals surface area contributed by atoms with Crippen LogP contribution in [0.25, 0.3) is 0 Å². The van der Waals surface area contributed by atoms with Crippen molar-refractivity contribution in [2.24, 2.45) is 0 Å². The highest BCUT2D eigenvalue weighted by Gasteiger charge is 2.20. The third-order valence-corrected chi connectivity index (χ3v) is 4.71. The van der Waals surface area contributed by atoms with Crippen molar-refractivity contribution < 1.29 is 0 Å². The van der Waals surface area contributed by atoms with E-state index < -0.39 is 0 Å². The number of hydrogen-bond donors (Lipinski definition) is 1. The maximum atomic E-state index is 4.33. The van der Waals surface area contributed by atoms with Gasteiger partial charge in [-0.1, -0.05) is 18.2 Å². The van der Waals surface area contributed by atoms with E-state index in [2.05, 4.69) is 53.4 Å². The fraction of sp³-hybridized carbons (Fsp3) is 0.438. The van der Waals surface area contributed by atoms with Crippen LogP contribution in [0.4, 0.5) is 5.69 Å². The molecule has 106 valence electrons. The van der Waals surface area contributed by atoms with Gasteiger partial charge in [0.2, 0.25) is 0 Å². The average Bonchev–Trinajstić information content (AvgIpc) is 3.21. The Morgan fingerprint density at radius 3 is 2.85 bits per heavy atom. The largest absolute Gasteiger partial charge is 0.369 e. The highest BCUT2D eigenvalue weighted by atomic mass is 32.1. The van der Waals surface area contributed by atoms with E-state index in [-0.39, 0.29) is 0 Å². The second-order valence-corrected chi connectivity index (χ2v) is 6.44. The summed E-state index contributed by atoms with van der Waals surface area (Å²) in [6, 6.07) is 9.42. The summed E-state index contributed by atoms with van der Waals surface area (Å²) in [5.74, 6) is 0. The number of nitrogens with zero attached hydrogens (tertiary/aromatic N) is 2. The van der Waals surface area contributed by atoms with Crippen LogP contribution in [0.5, 0.6) is 0 Å². The van der Waals surface area contributed by atoms with Crippen molar-refractivity contribution in [3.8, 4) is 0 Å². The monoisotopic (exact) mass is 287 g/mol. The van der Waals surface area contributed by atoms with Crippen LogP contribution in [-0.4, -0.2) is 18.1 Å². The molecule has 0 bridgehead atoms. The van der Waals surface area contributed by atoms with E-state index in [0.29, 0.717) is 0 Å². The lowest BCUT2D eigenvalue weighted by atomic mass is 10.1. The normalized spacial score (nSPS) is 14.5. The molecule has 0 atom stereocenters. The van der Waals surface area contributed by atoms with Crippen molar-refractivity contribution in [2.45, 2.75) is 38.9 Å². The highest BCUT2D eigenvalue weighted by Crippen LogP contribution is 2.25. The van der Waals surface area contributed by atoms with Gasteiger partial charge in [0.1, 0.15) is 0 Å². The fourth-order valence-corrected chi connectivity index (χ4v) is 3.18. The van der Waals surface area contributed by atoms with Crippen molar-refractivity contribution in [2.75, 3.05) is 11.9 Å². The van der Waals surface area contributed by atoms with Crippen molar-refractivity contribution in [3.05, 3.63) is 45.9 Å². The molecule has 2 aromatic rings. The summed E-state index contributed by atoms with van der Waals surface area (Å²) in [6.07, 6.45) is 2.66. The molecule has 1 N–H and O–H groups in total. The van der Waals surface area contributed by atoms with E-state index in [1.165, 1.54) is 29.0 Å². The number of hydrogen-bond acceptors (Lipinski definition) is 4. The summed E-state index contributed by atoms with van der Waals surface area (Å²) in [6.45, 7) is 3.98. The molecule has 0 aliphatic heterocycles. The van der Waals surface area contributed by atoms with Crippen molar-refractivity contribution in [3.63, 3.8) is 0 Å². The van der Waals surface area contributed by atoms with E-state index >= 15 is 0 Å². The molecular formula is C16H21N3S. The molecule has 1 aromatic heterocycles. The van der Waals surface area contributed by atoms with Gasteiger partial charge in [-0.3, -0.25) is 0 Å². The molecule has 3 nitrogen and oxygen atoms in total. The molecule has 0 amide bonds. The zero-order valence-corrected chi connectivity index (χ0v) is 12.9. The van der Waals surface area contributed by atoms with Crippen LogP contribution in [0.3, 0.4) is 0 Å². The maximum Gasteiger partial charge on any atom is 0.0798 e. The Morgan fingerprint density at radius 1 is 1.35 bits per heavy atom. The lowest BCUT2D eigenvalue weighted by Gasteiger charge is -2.22. The zero-order chi connectivity index (χ0) is 13.9. The smallest absolute Gasteiger partial charge is 0.0798 e. The number of thiazole rings is 1. The lowest BCUT2D eigenvalue weighted by molar-refractivity contribution is 0.685. The fourth-order valence-electron chi connectivity index (χ4n) is 2.35. The molecule has 0 radical (unpaired) electrons. The Balaban J connectivity index is 1.72. The SMILES string of the molecule is Cc1ncsc1CN(C)c1ccccc1CNC1CC1. The van der Waals surface area contributed by atoms with E-state index in [1.54, 1.807) is 11.3 Å². The third-order valence-electron chi connectivity index (χ3n) is 3.79. The number of rotatable bonds is 6. The lowest BCUT2D eigenvalue weighted by Crippen LogP contribution is -2.21. The number of nitrogens with one attached hydrogen (secondary N) is 1. The first-order valence-corrected chi connectivity index (χ1v) is 8.03. The van der Waals surface area contributed by atoms with Gasteiger partial charge < -0.3 is 10.2 Å². The van der Waals surface area contributed by atoms with Gasteiger partial charge in [0.15, 0.2) is 0 Å². The summed E-state index contributed by atoms with van der Waals surface area (Å²) >= 11 is 1.74. The average molecular weight is 287 g/mol. The molecular weight excluding hydrogens is 266 g/mol. The van der Waals surface area contributed by atoms with Gasteiger partial charge >= 0.3 is 0 Å². The van der Waals surface area contributed by atoms with Gasteiger partial charge in [-0.25, -0.2) is 4.98 Å². The molecule has 0 unspecified atom stereocenters. The van der Waals surface area contributed by atoms with E-state index in [0.717, 1.165) is 24.8 Å². The molecule has 1 fully saturated rings. The van der Waals surface area contributed by atoms with Crippen LogP contribution in [0.1, 0.15) is 29.0 Å². The first kappa shape index (κ1) is 13.6. The molecule has 20 heavy (non-hydrogen) atoms. The third kappa shape index (κ3) is 3.19. The zero-order valence-electron chi connectivity index (χ0n) is 12.1. The molecule has 1 heterocycles. The van der Waals surface area contributed by atoms with Crippen LogP contribution in [0, 0.1) is 6.92 Å². The van der Waals surface area contributed by atoms with Gasteiger partial charge in [0.25, 0.3) is 0 Å². The molecule has 0 saturated heterocycles. The topological polar surface area (TPSA) is 28.2 Å². The number of aryl methyl sites for hydroxylation is 1. The minimum absolute atomic E-state index is 0.747. The number of para-hydroxylation sites is 1. The molecule has 0 spiro atoms. The number of anilines is 1. The first-order valence-electron chi connectivity index (χ1n) is 7.15. The maximum absolute atomic E-state index is 4.33. The Kier molecular flexibility index (Phi) is 4.03. The summed E-state index contributed by atoms with van der Waals surface area (Å²) < 4.78 is 0. The molecule has 1 aliphatic carbocycles. The Bertz CT molecular complexity index is 575.